The molecule has 2 rings (SSSR count). The largest absolute Gasteiger partial charge is 0.478 e. The highest BCUT2D eigenvalue weighted by Crippen LogP contribution is 2.28. The first-order valence-corrected chi connectivity index (χ1v) is 6.68. The fraction of sp³-hybridized carbons (Fsp3) is 0.467. The van der Waals surface area contributed by atoms with Crippen LogP contribution in [0.2, 0.25) is 0 Å². The zero-order valence-electron chi connectivity index (χ0n) is 11.5. The summed E-state index contributed by atoms with van der Waals surface area (Å²) in [6.07, 6.45) is 2.54. The molecule has 1 N–H and O–H groups in total. The molecule has 1 aromatic rings. The molecule has 0 radical (unpaired) electrons. The lowest BCUT2D eigenvalue weighted by Gasteiger charge is -2.20. The van der Waals surface area contributed by atoms with Crippen molar-refractivity contribution in [3.05, 3.63) is 29.3 Å². The number of nitrogens with zero attached hydrogens (tertiary/aromatic N) is 2. The van der Waals surface area contributed by atoms with E-state index in [-0.39, 0.29) is 5.56 Å². The Balaban J connectivity index is 1.95. The van der Waals surface area contributed by atoms with Crippen LogP contribution >= 0.6 is 0 Å². The molecule has 0 heterocycles. The van der Waals surface area contributed by atoms with Gasteiger partial charge in [0.2, 0.25) is 0 Å². The van der Waals surface area contributed by atoms with Crippen molar-refractivity contribution in [2.75, 3.05) is 31.7 Å². The lowest BCUT2D eigenvalue weighted by atomic mass is 10.1. The van der Waals surface area contributed by atoms with Crippen molar-refractivity contribution in [2.24, 2.45) is 5.92 Å². The van der Waals surface area contributed by atoms with E-state index in [1.54, 1.807) is 6.07 Å². The number of carbonyl (C=O) groups is 1. The number of ether oxygens (including phenoxy) is 1. The summed E-state index contributed by atoms with van der Waals surface area (Å²) < 4.78 is 5.57. The van der Waals surface area contributed by atoms with Crippen LogP contribution in [-0.2, 0) is 4.74 Å². The number of carboxylic acids is 1. The number of likely N-dealkylation sites (N-methyl/N-ethyl adjacent to an activating group) is 1. The van der Waals surface area contributed by atoms with E-state index < -0.39 is 5.97 Å². The molecule has 5 heteroatoms. The number of rotatable bonds is 7. The lowest BCUT2D eigenvalue weighted by Crippen LogP contribution is -2.24. The third-order valence-electron chi connectivity index (χ3n) is 3.40. The van der Waals surface area contributed by atoms with E-state index in [1.807, 2.05) is 18.0 Å². The molecule has 1 aromatic carbocycles. The second-order valence-corrected chi connectivity index (χ2v) is 5.09. The molecule has 1 fully saturated rings. The maximum absolute atomic E-state index is 10.9. The van der Waals surface area contributed by atoms with Crippen molar-refractivity contribution in [1.29, 1.82) is 5.26 Å². The Morgan fingerprint density at radius 1 is 1.55 bits per heavy atom. The molecule has 0 atom stereocenters. The van der Waals surface area contributed by atoms with Gasteiger partial charge in [-0.1, -0.05) is 0 Å². The summed E-state index contributed by atoms with van der Waals surface area (Å²) in [6, 6.07) is 6.63. The molecular formula is C15H18N2O3. The number of carboxylic acid groups (broad SMARTS) is 1. The standard InChI is InChI=1S/C15H18N2O3/c1-17(6-7-20-10-11-2-3-11)14-5-4-12(15(18)19)8-13(14)9-16/h4-5,8,11H,2-3,6-7,10H2,1H3,(H,18,19). The van der Waals surface area contributed by atoms with Crippen molar-refractivity contribution >= 4 is 11.7 Å². The monoisotopic (exact) mass is 274 g/mol. The molecule has 0 spiro atoms. The molecule has 5 nitrogen and oxygen atoms in total. The highest BCUT2D eigenvalue weighted by Gasteiger charge is 2.21. The molecule has 20 heavy (non-hydrogen) atoms. The van der Waals surface area contributed by atoms with Gasteiger partial charge in [0, 0.05) is 20.2 Å². The van der Waals surface area contributed by atoms with E-state index in [0.29, 0.717) is 18.7 Å². The molecular weight excluding hydrogens is 256 g/mol. The average molecular weight is 274 g/mol. The molecule has 0 aromatic heterocycles. The SMILES string of the molecule is CN(CCOCC1CC1)c1ccc(C(=O)O)cc1C#N. The van der Waals surface area contributed by atoms with Gasteiger partial charge in [0.25, 0.3) is 0 Å². The molecule has 1 saturated carbocycles. The minimum absolute atomic E-state index is 0.128. The maximum Gasteiger partial charge on any atom is 0.335 e. The van der Waals surface area contributed by atoms with E-state index in [1.165, 1.54) is 25.0 Å². The van der Waals surface area contributed by atoms with Gasteiger partial charge in [-0.3, -0.25) is 0 Å². The Bertz CT molecular complexity index is 532. The summed E-state index contributed by atoms with van der Waals surface area (Å²) in [6.45, 7) is 2.10. The summed E-state index contributed by atoms with van der Waals surface area (Å²) in [4.78, 5) is 12.8. The lowest BCUT2D eigenvalue weighted by molar-refractivity contribution is 0.0697. The highest BCUT2D eigenvalue weighted by molar-refractivity contribution is 5.89. The summed E-state index contributed by atoms with van der Waals surface area (Å²) in [5, 5.41) is 18.0. The predicted octanol–water partition coefficient (Wildman–Crippen LogP) is 2.12. The highest BCUT2D eigenvalue weighted by atomic mass is 16.5. The first kappa shape index (κ1) is 14.4. The first-order valence-electron chi connectivity index (χ1n) is 6.68. The van der Waals surface area contributed by atoms with Crippen molar-refractivity contribution in [3.8, 4) is 6.07 Å². The van der Waals surface area contributed by atoms with E-state index in [9.17, 15) is 4.79 Å². The van der Waals surface area contributed by atoms with Crippen LogP contribution in [-0.4, -0.2) is 37.9 Å². The number of hydrogen-bond acceptors (Lipinski definition) is 4. The van der Waals surface area contributed by atoms with Crippen molar-refractivity contribution in [3.63, 3.8) is 0 Å². The van der Waals surface area contributed by atoms with Gasteiger partial charge < -0.3 is 14.7 Å². The van der Waals surface area contributed by atoms with Crippen LogP contribution in [0.3, 0.4) is 0 Å². The second kappa shape index (κ2) is 6.40. The van der Waals surface area contributed by atoms with Crippen molar-refractivity contribution < 1.29 is 14.6 Å². The first-order chi connectivity index (χ1) is 9.61. The maximum atomic E-state index is 10.9. The van der Waals surface area contributed by atoms with Crippen LogP contribution in [0.15, 0.2) is 18.2 Å². The quantitative estimate of drug-likeness (QED) is 0.771. The van der Waals surface area contributed by atoms with E-state index in [4.69, 9.17) is 15.1 Å². The fourth-order valence-electron chi connectivity index (χ4n) is 1.95. The zero-order valence-corrected chi connectivity index (χ0v) is 11.5. The zero-order chi connectivity index (χ0) is 14.5. The van der Waals surface area contributed by atoms with Crippen LogP contribution in [0.5, 0.6) is 0 Å². The Hall–Kier alpha value is -2.06. The minimum Gasteiger partial charge on any atom is -0.478 e. The van der Waals surface area contributed by atoms with Crippen LogP contribution < -0.4 is 4.90 Å². The van der Waals surface area contributed by atoms with Crippen LogP contribution in [0.1, 0.15) is 28.8 Å². The summed E-state index contributed by atoms with van der Waals surface area (Å²) in [5.74, 6) is -0.284. The summed E-state index contributed by atoms with van der Waals surface area (Å²) in [5.41, 5.74) is 1.23. The number of nitriles is 1. The Kier molecular flexibility index (Phi) is 4.59. The summed E-state index contributed by atoms with van der Waals surface area (Å²) >= 11 is 0. The molecule has 0 amide bonds. The number of anilines is 1. The number of aromatic carboxylic acids is 1. The molecule has 0 saturated heterocycles. The van der Waals surface area contributed by atoms with Crippen LogP contribution in [0, 0.1) is 17.2 Å². The van der Waals surface area contributed by atoms with Gasteiger partial charge in [0.15, 0.2) is 0 Å². The van der Waals surface area contributed by atoms with Gasteiger partial charge in [-0.05, 0) is 37.0 Å². The van der Waals surface area contributed by atoms with Gasteiger partial charge >= 0.3 is 5.97 Å². The van der Waals surface area contributed by atoms with E-state index >= 15 is 0 Å². The fourth-order valence-corrected chi connectivity index (χ4v) is 1.95. The van der Waals surface area contributed by atoms with Crippen LogP contribution in [0.25, 0.3) is 0 Å². The third kappa shape index (κ3) is 3.72. The molecule has 0 unspecified atom stereocenters. The van der Waals surface area contributed by atoms with Gasteiger partial charge in [0.1, 0.15) is 6.07 Å². The summed E-state index contributed by atoms with van der Waals surface area (Å²) in [7, 11) is 1.87. The normalized spacial score (nSPS) is 13.8. The van der Waals surface area contributed by atoms with Gasteiger partial charge in [-0.25, -0.2) is 4.79 Å². The number of benzene rings is 1. The van der Waals surface area contributed by atoms with Crippen molar-refractivity contribution in [1.82, 2.24) is 0 Å². The predicted molar refractivity (Wildman–Crippen MR) is 74.9 cm³/mol. The van der Waals surface area contributed by atoms with Crippen LogP contribution in [0.4, 0.5) is 5.69 Å². The smallest absolute Gasteiger partial charge is 0.335 e. The Morgan fingerprint density at radius 3 is 2.90 bits per heavy atom. The van der Waals surface area contributed by atoms with Gasteiger partial charge in [0.05, 0.1) is 23.4 Å². The van der Waals surface area contributed by atoms with Crippen molar-refractivity contribution in [2.45, 2.75) is 12.8 Å². The third-order valence-corrected chi connectivity index (χ3v) is 3.40. The van der Waals surface area contributed by atoms with E-state index in [0.717, 1.165) is 18.2 Å². The Morgan fingerprint density at radius 2 is 2.30 bits per heavy atom. The molecule has 0 aliphatic heterocycles. The molecule has 0 bridgehead atoms. The average Bonchev–Trinajstić information content (AvgIpc) is 3.26. The minimum atomic E-state index is -1.02. The molecule has 1 aliphatic carbocycles. The topological polar surface area (TPSA) is 73.6 Å². The molecule has 1 aliphatic rings. The number of hydrogen-bond donors (Lipinski definition) is 1. The van der Waals surface area contributed by atoms with Gasteiger partial charge in [-0.2, -0.15) is 5.26 Å². The Labute approximate surface area is 118 Å². The van der Waals surface area contributed by atoms with E-state index in [2.05, 4.69) is 0 Å². The molecule has 106 valence electrons. The second-order valence-electron chi connectivity index (χ2n) is 5.09. The van der Waals surface area contributed by atoms with Gasteiger partial charge in [-0.15, -0.1) is 0 Å².